The van der Waals surface area contributed by atoms with Crippen LogP contribution < -0.4 is 9.64 Å². The number of methoxy groups -OCH3 is 1. The van der Waals surface area contributed by atoms with E-state index in [0.29, 0.717) is 5.69 Å². The van der Waals surface area contributed by atoms with Crippen molar-refractivity contribution in [3.05, 3.63) is 84.5 Å². The number of aliphatic hydroxyl groups is 1. The Bertz CT molecular complexity index is 1330. The molecular formula is C25H21Cl2NO4S. The Balaban J connectivity index is 2.02. The Morgan fingerprint density at radius 3 is 2.36 bits per heavy atom. The predicted octanol–water partition coefficient (Wildman–Crippen LogP) is 6.62. The molecule has 2 aromatic carbocycles. The van der Waals surface area contributed by atoms with Crippen LogP contribution in [0, 0.1) is 20.8 Å². The zero-order valence-electron chi connectivity index (χ0n) is 18.4. The normalized spacial score (nSPS) is 17.6. The van der Waals surface area contributed by atoms with Gasteiger partial charge in [0.05, 0.1) is 23.3 Å². The second-order valence-corrected chi connectivity index (χ2v) is 9.67. The monoisotopic (exact) mass is 501 g/mol. The average Bonchev–Trinajstić information content (AvgIpc) is 3.29. The number of nitrogens with zero attached hydrogens (tertiary/aromatic N) is 1. The van der Waals surface area contributed by atoms with Gasteiger partial charge in [-0.15, -0.1) is 11.3 Å². The lowest BCUT2D eigenvalue weighted by Crippen LogP contribution is -2.29. The Hall–Kier alpha value is -2.80. The largest absolute Gasteiger partial charge is 0.507 e. The highest BCUT2D eigenvalue weighted by atomic mass is 35.5. The van der Waals surface area contributed by atoms with Crippen LogP contribution >= 0.6 is 34.5 Å². The van der Waals surface area contributed by atoms with Gasteiger partial charge < -0.3 is 9.84 Å². The molecule has 0 aliphatic carbocycles. The van der Waals surface area contributed by atoms with Crippen LogP contribution in [-0.4, -0.2) is 23.9 Å². The number of amides is 1. The Kier molecular flexibility index (Phi) is 6.27. The summed E-state index contributed by atoms with van der Waals surface area (Å²) in [5.41, 5.74) is 3.64. The van der Waals surface area contributed by atoms with Crippen molar-refractivity contribution < 1.29 is 19.4 Å². The van der Waals surface area contributed by atoms with Crippen molar-refractivity contribution in [3.63, 3.8) is 0 Å². The number of halogens is 2. The minimum absolute atomic E-state index is 0.0413. The van der Waals surface area contributed by atoms with Crippen molar-refractivity contribution in [1.29, 1.82) is 0 Å². The fraction of sp³-hybridized carbons (Fsp3) is 0.200. The van der Waals surface area contributed by atoms with E-state index in [-0.39, 0.29) is 26.9 Å². The number of thiophene rings is 1. The van der Waals surface area contributed by atoms with Crippen molar-refractivity contribution in [3.8, 4) is 5.75 Å². The SMILES string of the molecule is COc1c(Cl)cc(Cl)cc1/C(O)=C1\C(=O)C(=O)N(c2ccc(C)c(C)c2)C1c1sccc1C. The smallest absolute Gasteiger partial charge is 0.300 e. The van der Waals surface area contributed by atoms with E-state index in [1.165, 1.54) is 35.5 Å². The summed E-state index contributed by atoms with van der Waals surface area (Å²) in [5.74, 6) is -1.73. The van der Waals surface area contributed by atoms with Crippen molar-refractivity contribution in [2.75, 3.05) is 12.0 Å². The number of carbonyl (C=O) groups excluding carboxylic acids is 2. The first-order valence-electron chi connectivity index (χ1n) is 10.1. The highest BCUT2D eigenvalue weighted by Crippen LogP contribution is 2.47. The maximum Gasteiger partial charge on any atom is 0.300 e. The third-order valence-electron chi connectivity index (χ3n) is 5.83. The topological polar surface area (TPSA) is 66.8 Å². The molecule has 2 heterocycles. The number of ether oxygens (including phenoxy) is 1. The molecule has 3 aromatic rings. The molecule has 1 N–H and O–H groups in total. The van der Waals surface area contributed by atoms with Gasteiger partial charge in [0, 0.05) is 15.6 Å². The number of benzene rings is 2. The van der Waals surface area contributed by atoms with E-state index in [2.05, 4.69) is 0 Å². The van der Waals surface area contributed by atoms with Gasteiger partial charge in [-0.1, -0.05) is 29.3 Å². The lowest BCUT2D eigenvalue weighted by Gasteiger charge is -2.25. The van der Waals surface area contributed by atoms with Gasteiger partial charge in [-0.3, -0.25) is 14.5 Å². The van der Waals surface area contributed by atoms with Crippen molar-refractivity contribution in [1.82, 2.24) is 0 Å². The highest BCUT2D eigenvalue weighted by molar-refractivity contribution is 7.10. The van der Waals surface area contributed by atoms with Crippen LogP contribution in [0.2, 0.25) is 10.0 Å². The highest BCUT2D eigenvalue weighted by Gasteiger charge is 2.48. The number of aliphatic hydroxyl groups excluding tert-OH is 1. The van der Waals surface area contributed by atoms with E-state index in [0.717, 1.165) is 21.6 Å². The number of ketones is 1. The van der Waals surface area contributed by atoms with Gasteiger partial charge in [-0.25, -0.2) is 0 Å². The first-order chi connectivity index (χ1) is 15.6. The summed E-state index contributed by atoms with van der Waals surface area (Å²) >= 11 is 13.9. The first kappa shape index (κ1) is 23.4. The molecule has 8 heteroatoms. The zero-order chi connectivity index (χ0) is 24.0. The molecule has 4 rings (SSSR count). The Labute approximate surface area is 205 Å². The van der Waals surface area contributed by atoms with Crippen molar-refractivity contribution in [2.24, 2.45) is 0 Å². The Morgan fingerprint density at radius 2 is 1.76 bits per heavy atom. The average molecular weight is 502 g/mol. The number of hydrogen-bond donors (Lipinski definition) is 1. The second-order valence-electron chi connectivity index (χ2n) is 7.87. The van der Waals surface area contributed by atoms with Crippen LogP contribution in [0.4, 0.5) is 5.69 Å². The third kappa shape index (κ3) is 3.92. The van der Waals surface area contributed by atoms with Gasteiger partial charge in [0.2, 0.25) is 0 Å². The molecule has 1 fully saturated rings. The van der Waals surface area contributed by atoms with Gasteiger partial charge in [0.15, 0.2) is 0 Å². The molecule has 0 spiro atoms. The molecular weight excluding hydrogens is 481 g/mol. The molecule has 0 bridgehead atoms. The van der Waals surface area contributed by atoms with Gasteiger partial charge in [0.1, 0.15) is 17.6 Å². The molecule has 5 nitrogen and oxygen atoms in total. The molecule has 33 heavy (non-hydrogen) atoms. The van der Waals surface area contributed by atoms with Gasteiger partial charge >= 0.3 is 0 Å². The fourth-order valence-corrected chi connectivity index (χ4v) is 5.57. The summed E-state index contributed by atoms with van der Waals surface area (Å²) in [7, 11) is 1.40. The van der Waals surface area contributed by atoms with Crippen molar-refractivity contribution >= 4 is 57.7 Å². The van der Waals surface area contributed by atoms with Gasteiger partial charge in [0.25, 0.3) is 11.7 Å². The molecule has 170 valence electrons. The van der Waals surface area contributed by atoms with E-state index >= 15 is 0 Å². The summed E-state index contributed by atoms with van der Waals surface area (Å²) in [6.07, 6.45) is 0. The third-order valence-corrected chi connectivity index (χ3v) is 7.40. The molecule has 1 saturated heterocycles. The second kappa shape index (κ2) is 8.86. The maximum atomic E-state index is 13.3. The summed E-state index contributed by atoms with van der Waals surface area (Å²) in [6, 6.07) is 9.62. The summed E-state index contributed by atoms with van der Waals surface area (Å²) in [5, 5.41) is 13.7. The first-order valence-corrected chi connectivity index (χ1v) is 11.7. The lowest BCUT2D eigenvalue weighted by molar-refractivity contribution is -0.132. The van der Waals surface area contributed by atoms with Crippen LogP contribution in [0.25, 0.3) is 5.76 Å². The molecule has 0 radical (unpaired) electrons. The van der Waals surface area contributed by atoms with Crippen LogP contribution in [-0.2, 0) is 9.59 Å². The molecule has 1 aliphatic heterocycles. The molecule has 0 saturated carbocycles. The summed E-state index contributed by atoms with van der Waals surface area (Å²) in [6.45, 7) is 5.83. The number of hydrogen-bond acceptors (Lipinski definition) is 5. The van der Waals surface area contributed by atoms with Crippen molar-refractivity contribution in [2.45, 2.75) is 26.8 Å². The lowest BCUT2D eigenvalue weighted by atomic mass is 9.97. The minimum Gasteiger partial charge on any atom is -0.507 e. The minimum atomic E-state index is -0.811. The number of rotatable bonds is 4. The number of Topliss-reactive ketones (excluding diaryl/α,β-unsaturated/α-hetero) is 1. The standard InChI is InChI=1S/C25H21Cl2NO4S/c1-12-5-6-16(9-14(12)3)28-20(24-13(2)7-8-33-24)19(22(30)25(28)31)21(29)17-10-15(26)11-18(27)23(17)32-4/h5-11,20,29H,1-4H3/b21-19+. The molecule has 1 atom stereocenters. The van der Waals surface area contributed by atoms with E-state index in [4.69, 9.17) is 27.9 Å². The summed E-state index contributed by atoms with van der Waals surface area (Å²) in [4.78, 5) is 28.9. The van der Waals surface area contributed by atoms with Crippen LogP contribution in [0.1, 0.15) is 33.2 Å². The maximum absolute atomic E-state index is 13.3. The van der Waals surface area contributed by atoms with Crippen LogP contribution in [0.5, 0.6) is 5.75 Å². The molecule has 1 aromatic heterocycles. The summed E-state index contributed by atoms with van der Waals surface area (Å²) < 4.78 is 5.37. The molecule has 1 aliphatic rings. The number of aryl methyl sites for hydroxylation is 3. The van der Waals surface area contributed by atoms with Crippen LogP contribution in [0.15, 0.2) is 47.4 Å². The van der Waals surface area contributed by atoms with E-state index in [1.807, 2.05) is 44.4 Å². The zero-order valence-corrected chi connectivity index (χ0v) is 20.7. The van der Waals surface area contributed by atoms with Crippen LogP contribution in [0.3, 0.4) is 0 Å². The van der Waals surface area contributed by atoms with Gasteiger partial charge in [-0.05, 0) is 73.2 Å². The molecule has 1 unspecified atom stereocenters. The predicted molar refractivity (Wildman–Crippen MR) is 133 cm³/mol. The molecule has 1 amide bonds. The van der Waals surface area contributed by atoms with E-state index < -0.39 is 23.5 Å². The van der Waals surface area contributed by atoms with E-state index in [1.54, 1.807) is 6.07 Å². The number of carbonyl (C=O) groups is 2. The fourth-order valence-electron chi connectivity index (χ4n) is 3.98. The quantitative estimate of drug-likeness (QED) is 0.248. The Morgan fingerprint density at radius 1 is 1.03 bits per heavy atom. The number of anilines is 1. The van der Waals surface area contributed by atoms with Gasteiger partial charge in [-0.2, -0.15) is 0 Å². The van der Waals surface area contributed by atoms with E-state index in [9.17, 15) is 14.7 Å².